The van der Waals surface area contributed by atoms with Crippen LogP contribution in [0.2, 0.25) is 0 Å². The molecule has 0 aliphatic rings. The summed E-state index contributed by atoms with van der Waals surface area (Å²) in [5, 5.41) is 18.1. The van der Waals surface area contributed by atoms with Crippen molar-refractivity contribution < 1.29 is 19.8 Å². The molecule has 0 saturated heterocycles. The number of aromatic carboxylic acids is 2. The average Bonchev–Trinajstić information content (AvgIpc) is 2.35. The maximum atomic E-state index is 11.2. The molecule has 0 amide bonds. The zero-order chi connectivity index (χ0) is 14.6. The van der Waals surface area contributed by atoms with Crippen molar-refractivity contribution in [1.82, 2.24) is 0 Å². The zero-order valence-corrected chi connectivity index (χ0v) is 10.7. The lowest BCUT2D eigenvalue weighted by atomic mass is 9.90. The molecule has 0 radical (unpaired) electrons. The molecule has 0 atom stereocenters. The van der Waals surface area contributed by atoms with Crippen LogP contribution in [0.25, 0.3) is 0 Å². The summed E-state index contributed by atoms with van der Waals surface area (Å²) in [7, 11) is 0. The van der Waals surface area contributed by atoms with Crippen molar-refractivity contribution in [1.29, 1.82) is 0 Å². The summed E-state index contributed by atoms with van der Waals surface area (Å²) in [5.41, 5.74) is 10.6. The molecule has 0 aliphatic carbocycles. The number of hydrogen-bond donors (Lipinski definition) is 4. The topological polar surface area (TPSA) is 127 Å². The van der Waals surface area contributed by atoms with Crippen molar-refractivity contribution in [2.45, 2.75) is 31.8 Å². The predicted molar refractivity (Wildman–Crippen MR) is 69.9 cm³/mol. The Balaban J connectivity index is 3.31. The normalized spacial score (nSPS) is 11.3. The molecule has 1 rings (SSSR count). The molecule has 0 aromatic heterocycles. The third kappa shape index (κ3) is 3.52. The largest absolute Gasteiger partial charge is 0.478 e. The molecule has 0 heterocycles. The van der Waals surface area contributed by atoms with E-state index in [2.05, 4.69) is 0 Å². The van der Waals surface area contributed by atoms with Gasteiger partial charge in [-0.05, 0) is 24.6 Å². The molecule has 6 N–H and O–H groups in total. The fourth-order valence-corrected chi connectivity index (χ4v) is 1.85. The highest BCUT2D eigenvalue weighted by Crippen LogP contribution is 2.24. The summed E-state index contributed by atoms with van der Waals surface area (Å²) >= 11 is 0. The van der Waals surface area contributed by atoms with Gasteiger partial charge < -0.3 is 21.7 Å². The van der Waals surface area contributed by atoms with Gasteiger partial charge in [0.05, 0.1) is 16.8 Å². The van der Waals surface area contributed by atoms with Crippen LogP contribution in [0, 0.1) is 0 Å². The number of unbranched alkanes of at least 4 members (excludes halogenated alkanes) is 1. The van der Waals surface area contributed by atoms with E-state index in [0.717, 1.165) is 12.8 Å². The Morgan fingerprint density at radius 2 is 1.84 bits per heavy atom. The Morgan fingerprint density at radius 3 is 2.32 bits per heavy atom. The first-order chi connectivity index (χ1) is 8.79. The van der Waals surface area contributed by atoms with Gasteiger partial charge in [0.2, 0.25) is 0 Å². The monoisotopic (exact) mass is 266 g/mol. The van der Waals surface area contributed by atoms with Crippen LogP contribution in [-0.2, 0) is 5.66 Å². The molecule has 0 aliphatic heterocycles. The van der Waals surface area contributed by atoms with Gasteiger partial charge in [0.1, 0.15) is 0 Å². The molecular weight excluding hydrogens is 248 g/mol. The van der Waals surface area contributed by atoms with Crippen LogP contribution in [0.3, 0.4) is 0 Å². The number of benzene rings is 1. The summed E-state index contributed by atoms with van der Waals surface area (Å²) in [6, 6.07) is 3.69. The fraction of sp³-hybridized carbons (Fsp3) is 0.385. The molecule has 104 valence electrons. The first kappa shape index (κ1) is 15.1. The quantitative estimate of drug-likeness (QED) is 0.575. The molecule has 0 unspecified atom stereocenters. The van der Waals surface area contributed by atoms with Gasteiger partial charge in [-0.3, -0.25) is 0 Å². The highest BCUT2D eigenvalue weighted by atomic mass is 16.4. The number of rotatable bonds is 6. The average molecular weight is 266 g/mol. The highest BCUT2D eigenvalue weighted by Gasteiger charge is 2.27. The van der Waals surface area contributed by atoms with Gasteiger partial charge in [-0.15, -0.1) is 0 Å². The van der Waals surface area contributed by atoms with E-state index in [1.54, 1.807) is 0 Å². The van der Waals surface area contributed by atoms with E-state index in [9.17, 15) is 9.59 Å². The molecule has 0 saturated carbocycles. The van der Waals surface area contributed by atoms with Crippen LogP contribution in [0.1, 0.15) is 52.5 Å². The van der Waals surface area contributed by atoms with E-state index in [4.69, 9.17) is 21.7 Å². The van der Waals surface area contributed by atoms with Gasteiger partial charge in [-0.25, -0.2) is 9.59 Å². The van der Waals surface area contributed by atoms with E-state index in [0.29, 0.717) is 6.42 Å². The van der Waals surface area contributed by atoms with Crippen molar-refractivity contribution in [2.75, 3.05) is 0 Å². The van der Waals surface area contributed by atoms with Crippen LogP contribution < -0.4 is 11.5 Å². The number of nitrogens with two attached hydrogens (primary N) is 2. The third-order valence-corrected chi connectivity index (χ3v) is 2.94. The van der Waals surface area contributed by atoms with Crippen molar-refractivity contribution in [2.24, 2.45) is 11.5 Å². The summed E-state index contributed by atoms with van der Waals surface area (Å²) in [6.45, 7) is 1.96. The van der Waals surface area contributed by atoms with Crippen LogP contribution in [0.15, 0.2) is 18.2 Å². The highest BCUT2D eigenvalue weighted by molar-refractivity contribution is 5.93. The minimum Gasteiger partial charge on any atom is -0.478 e. The van der Waals surface area contributed by atoms with Gasteiger partial charge in [-0.1, -0.05) is 19.8 Å². The lowest BCUT2D eigenvalue weighted by molar-refractivity contribution is 0.0678. The van der Waals surface area contributed by atoms with Gasteiger partial charge in [-0.2, -0.15) is 0 Å². The second-order valence-corrected chi connectivity index (χ2v) is 4.51. The first-order valence-electron chi connectivity index (χ1n) is 5.98. The summed E-state index contributed by atoms with van der Waals surface area (Å²) in [4.78, 5) is 22.1. The Labute approximate surface area is 111 Å². The minimum absolute atomic E-state index is 0.0308. The molecular formula is C13H18N2O4. The number of carboxylic acid groups (broad SMARTS) is 2. The van der Waals surface area contributed by atoms with Crippen LogP contribution in [0.4, 0.5) is 0 Å². The van der Waals surface area contributed by atoms with E-state index in [1.807, 2.05) is 6.92 Å². The van der Waals surface area contributed by atoms with E-state index in [-0.39, 0.29) is 16.7 Å². The second-order valence-electron chi connectivity index (χ2n) is 4.51. The minimum atomic E-state index is -1.35. The predicted octanol–water partition coefficient (Wildman–Crippen LogP) is 1.34. The Hall–Kier alpha value is -1.92. The van der Waals surface area contributed by atoms with Crippen molar-refractivity contribution in [3.05, 3.63) is 34.9 Å². The van der Waals surface area contributed by atoms with Gasteiger partial charge in [0.15, 0.2) is 0 Å². The fourth-order valence-electron chi connectivity index (χ4n) is 1.85. The Morgan fingerprint density at radius 1 is 1.21 bits per heavy atom. The molecule has 6 nitrogen and oxygen atoms in total. The molecule has 1 aromatic rings. The smallest absolute Gasteiger partial charge is 0.336 e. The first-order valence-corrected chi connectivity index (χ1v) is 5.98. The lowest BCUT2D eigenvalue weighted by Crippen LogP contribution is -2.47. The van der Waals surface area contributed by atoms with Gasteiger partial charge in [0.25, 0.3) is 0 Å². The zero-order valence-electron chi connectivity index (χ0n) is 10.7. The molecule has 0 fully saturated rings. The Kier molecular flexibility index (Phi) is 4.63. The Bertz CT molecular complexity index is 497. The lowest BCUT2D eigenvalue weighted by Gasteiger charge is -2.27. The molecule has 0 spiro atoms. The third-order valence-electron chi connectivity index (χ3n) is 2.94. The molecule has 19 heavy (non-hydrogen) atoms. The maximum absolute atomic E-state index is 11.2. The molecule has 6 heteroatoms. The standard InChI is InChI=1S/C13H18N2O4/c1-2-3-6-13(14,15)10-7-8(11(16)17)4-5-9(10)12(18)19/h4-5,7H,2-3,6,14-15H2,1H3,(H,16,17)(H,18,19). The van der Waals surface area contributed by atoms with E-state index in [1.165, 1.54) is 18.2 Å². The second kappa shape index (κ2) is 5.81. The van der Waals surface area contributed by atoms with Crippen molar-refractivity contribution in [3.63, 3.8) is 0 Å². The van der Waals surface area contributed by atoms with E-state index < -0.39 is 17.6 Å². The summed E-state index contributed by atoms with van der Waals surface area (Å²) in [6.07, 6.45) is 1.97. The number of carboxylic acids is 2. The van der Waals surface area contributed by atoms with Crippen LogP contribution >= 0.6 is 0 Å². The van der Waals surface area contributed by atoms with Crippen LogP contribution in [-0.4, -0.2) is 22.2 Å². The molecule has 1 aromatic carbocycles. The van der Waals surface area contributed by atoms with Crippen molar-refractivity contribution >= 4 is 11.9 Å². The SMILES string of the molecule is CCCCC(N)(N)c1cc(C(=O)O)ccc1C(=O)O. The number of hydrogen-bond acceptors (Lipinski definition) is 4. The van der Waals surface area contributed by atoms with E-state index >= 15 is 0 Å². The maximum Gasteiger partial charge on any atom is 0.336 e. The van der Waals surface area contributed by atoms with Crippen LogP contribution in [0.5, 0.6) is 0 Å². The van der Waals surface area contributed by atoms with Crippen molar-refractivity contribution in [3.8, 4) is 0 Å². The number of carbonyl (C=O) groups is 2. The van der Waals surface area contributed by atoms with Gasteiger partial charge >= 0.3 is 11.9 Å². The summed E-state index contributed by atoms with van der Waals surface area (Å²) < 4.78 is 0. The molecule has 0 bridgehead atoms. The van der Waals surface area contributed by atoms with Gasteiger partial charge in [0, 0.05) is 5.56 Å². The summed E-state index contributed by atoms with van der Waals surface area (Å²) in [5.74, 6) is -2.33.